The zero-order valence-corrected chi connectivity index (χ0v) is 17.6. The molecule has 28 heavy (non-hydrogen) atoms. The summed E-state index contributed by atoms with van der Waals surface area (Å²) in [6.07, 6.45) is 17.4. The van der Waals surface area contributed by atoms with E-state index in [1.807, 2.05) is 18.5 Å². The molecule has 0 radical (unpaired) electrons. The summed E-state index contributed by atoms with van der Waals surface area (Å²) in [5.41, 5.74) is 2.70. The molecule has 1 fully saturated rings. The van der Waals surface area contributed by atoms with Crippen molar-refractivity contribution in [2.45, 2.75) is 84.5 Å². The number of rotatable bonds is 9. The summed E-state index contributed by atoms with van der Waals surface area (Å²) in [7, 11) is 0. The van der Waals surface area contributed by atoms with Crippen LogP contribution in [0.5, 0.6) is 0 Å². The smallest absolute Gasteiger partial charge is 0.162 e. The Balaban J connectivity index is 1.52. The Labute approximate surface area is 170 Å². The molecule has 1 aromatic carbocycles. The second-order valence-corrected chi connectivity index (χ2v) is 8.55. The minimum atomic E-state index is -0.205. The second kappa shape index (κ2) is 10.7. The summed E-state index contributed by atoms with van der Waals surface area (Å²) < 4.78 is 14.6. The van der Waals surface area contributed by atoms with Crippen LogP contribution < -0.4 is 0 Å². The number of nitrogens with zero attached hydrogens (tertiary/aromatic N) is 2. The molecule has 0 N–H and O–H groups in total. The van der Waals surface area contributed by atoms with Crippen LogP contribution in [0.3, 0.4) is 0 Å². The predicted molar refractivity (Wildman–Crippen MR) is 115 cm³/mol. The highest BCUT2D eigenvalue weighted by atomic mass is 19.1. The van der Waals surface area contributed by atoms with Crippen LogP contribution in [0.4, 0.5) is 4.39 Å². The first kappa shape index (κ1) is 21.0. The Kier molecular flexibility index (Phi) is 8.00. The standard InChI is InChI=1S/C25H35FN2/c1-3-5-7-19-8-10-20(11-9-19)12-13-21-14-15-23(24(26)16-21)25-27-17-22(6-4-2)18-28-25/h14-20H,3-13H2,1-2H3. The number of halogens is 1. The number of hydrogen-bond acceptors (Lipinski definition) is 2. The average Bonchev–Trinajstić information content (AvgIpc) is 2.72. The topological polar surface area (TPSA) is 25.8 Å². The van der Waals surface area contributed by atoms with Gasteiger partial charge in [-0.3, -0.25) is 0 Å². The molecule has 0 aliphatic heterocycles. The molecule has 3 heteroatoms. The molecule has 0 saturated heterocycles. The average molecular weight is 383 g/mol. The van der Waals surface area contributed by atoms with Crippen molar-refractivity contribution in [3.05, 3.63) is 47.5 Å². The molecule has 1 saturated carbocycles. The third kappa shape index (κ3) is 5.86. The van der Waals surface area contributed by atoms with Crippen LogP contribution in [0.2, 0.25) is 0 Å². The maximum absolute atomic E-state index is 14.6. The quantitative estimate of drug-likeness (QED) is 0.459. The van der Waals surface area contributed by atoms with Gasteiger partial charge < -0.3 is 0 Å². The van der Waals surface area contributed by atoms with Crippen molar-refractivity contribution in [1.29, 1.82) is 0 Å². The fraction of sp³-hybridized carbons (Fsp3) is 0.600. The molecular formula is C25H35FN2. The first-order chi connectivity index (χ1) is 13.7. The number of unbranched alkanes of at least 4 members (excludes halogenated alkanes) is 1. The SMILES string of the molecule is CCCCC1CCC(CCc2ccc(-c3ncc(CCC)cn3)c(F)c2)CC1. The molecule has 1 aliphatic carbocycles. The Morgan fingerprint density at radius 2 is 1.54 bits per heavy atom. The van der Waals surface area contributed by atoms with E-state index in [4.69, 9.17) is 0 Å². The number of aromatic nitrogens is 2. The molecule has 152 valence electrons. The second-order valence-electron chi connectivity index (χ2n) is 8.55. The molecule has 2 aromatic rings. The van der Waals surface area contributed by atoms with Crippen LogP contribution in [-0.4, -0.2) is 9.97 Å². The summed E-state index contributed by atoms with van der Waals surface area (Å²) in [5, 5.41) is 0. The summed E-state index contributed by atoms with van der Waals surface area (Å²) in [6.45, 7) is 4.41. The minimum Gasteiger partial charge on any atom is -0.236 e. The zero-order valence-electron chi connectivity index (χ0n) is 17.6. The zero-order chi connectivity index (χ0) is 19.8. The summed E-state index contributed by atoms with van der Waals surface area (Å²) in [6, 6.07) is 5.58. The highest BCUT2D eigenvalue weighted by Gasteiger charge is 2.20. The monoisotopic (exact) mass is 382 g/mol. The van der Waals surface area contributed by atoms with Gasteiger partial charge in [0, 0.05) is 12.4 Å². The van der Waals surface area contributed by atoms with Gasteiger partial charge in [0.25, 0.3) is 0 Å². The lowest BCUT2D eigenvalue weighted by molar-refractivity contribution is 0.250. The summed E-state index contributed by atoms with van der Waals surface area (Å²) in [5.74, 6) is 2.05. The Bertz CT molecular complexity index is 718. The van der Waals surface area contributed by atoms with Gasteiger partial charge in [0.05, 0.1) is 5.56 Å². The number of benzene rings is 1. The molecular weight excluding hydrogens is 347 g/mol. The maximum Gasteiger partial charge on any atom is 0.162 e. The Morgan fingerprint density at radius 3 is 2.14 bits per heavy atom. The Morgan fingerprint density at radius 1 is 0.857 bits per heavy atom. The van der Waals surface area contributed by atoms with Crippen molar-refractivity contribution in [3.63, 3.8) is 0 Å². The van der Waals surface area contributed by atoms with Gasteiger partial charge >= 0.3 is 0 Å². The summed E-state index contributed by atoms with van der Waals surface area (Å²) >= 11 is 0. The van der Waals surface area contributed by atoms with Crippen LogP contribution in [-0.2, 0) is 12.8 Å². The molecule has 1 aromatic heterocycles. The van der Waals surface area contributed by atoms with E-state index in [1.165, 1.54) is 51.4 Å². The fourth-order valence-corrected chi connectivity index (χ4v) is 4.48. The van der Waals surface area contributed by atoms with Gasteiger partial charge in [-0.05, 0) is 54.4 Å². The lowest BCUT2D eigenvalue weighted by Crippen LogP contribution is -2.15. The molecule has 0 bridgehead atoms. The molecule has 0 amide bonds. The van der Waals surface area contributed by atoms with Gasteiger partial charge in [0.1, 0.15) is 5.82 Å². The molecule has 3 rings (SSSR count). The highest BCUT2D eigenvalue weighted by molar-refractivity contribution is 5.56. The van der Waals surface area contributed by atoms with Crippen molar-refractivity contribution in [2.75, 3.05) is 0 Å². The van der Waals surface area contributed by atoms with E-state index >= 15 is 0 Å². The fourth-order valence-electron chi connectivity index (χ4n) is 4.48. The van der Waals surface area contributed by atoms with Crippen LogP contribution in [0.1, 0.15) is 82.8 Å². The van der Waals surface area contributed by atoms with Gasteiger partial charge in [0.15, 0.2) is 5.82 Å². The lowest BCUT2D eigenvalue weighted by atomic mass is 9.78. The van der Waals surface area contributed by atoms with E-state index in [0.29, 0.717) is 11.4 Å². The van der Waals surface area contributed by atoms with Crippen LogP contribution in [0, 0.1) is 17.7 Å². The van der Waals surface area contributed by atoms with E-state index < -0.39 is 0 Å². The molecule has 1 aliphatic rings. The molecule has 0 atom stereocenters. The third-order valence-corrected chi connectivity index (χ3v) is 6.29. The van der Waals surface area contributed by atoms with E-state index in [9.17, 15) is 4.39 Å². The van der Waals surface area contributed by atoms with E-state index in [1.54, 1.807) is 6.07 Å². The molecule has 2 nitrogen and oxygen atoms in total. The number of hydrogen-bond donors (Lipinski definition) is 0. The van der Waals surface area contributed by atoms with Crippen molar-refractivity contribution in [3.8, 4) is 11.4 Å². The van der Waals surface area contributed by atoms with Crippen molar-refractivity contribution < 1.29 is 4.39 Å². The first-order valence-corrected chi connectivity index (χ1v) is 11.3. The van der Waals surface area contributed by atoms with Crippen molar-refractivity contribution in [1.82, 2.24) is 9.97 Å². The van der Waals surface area contributed by atoms with E-state index in [-0.39, 0.29) is 5.82 Å². The molecule has 0 spiro atoms. The summed E-state index contributed by atoms with van der Waals surface area (Å²) in [4.78, 5) is 8.71. The van der Waals surface area contributed by atoms with Gasteiger partial charge in [-0.1, -0.05) is 71.3 Å². The maximum atomic E-state index is 14.6. The van der Waals surface area contributed by atoms with Gasteiger partial charge in [-0.25, -0.2) is 14.4 Å². The minimum absolute atomic E-state index is 0.205. The lowest BCUT2D eigenvalue weighted by Gasteiger charge is -2.28. The normalized spacial score (nSPS) is 19.7. The Hall–Kier alpha value is -1.77. The van der Waals surface area contributed by atoms with Gasteiger partial charge in [0.2, 0.25) is 0 Å². The first-order valence-electron chi connectivity index (χ1n) is 11.3. The number of aryl methyl sites for hydroxylation is 2. The van der Waals surface area contributed by atoms with Crippen molar-refractivity contribution >= 4 is 0 Å². The van der Waals surface area contributed by atoms with E-state index in [0.717, 1.165) is 42.2 Å². The van der Waals surface area contributed by atoms with Crippen LogP contribution >= 0.6 is 0 Å². The largest absolute Gasteiger partial charge is 0.236 e. The van der Waals surface area contributed by atoms with Crippen molar-refractivity contribution in [2.24, 2.45) is 11.8 Å². The van der Waals surface area contributed by atoms with Gasteiger partial charge in [-0.2, -0.15) is 0 Å². The molecule has 1 heterocycles. The van der Waals surface area contributed by atoms with Crippen LogP contribution in [0.15, 0.2) is 30.6 Å². The van der Waals surface area contributed by atoms with Gasteiger partial charge in [-0.15, -0.1) is 0 Å². The highest BCUT2D eigenvalue weighted by Crippen LogP contribution is 2.34. The predicted octanol–water partition coefficient (Wildman–Crippen LogP) is 7.16. The molecule has 0 unspecified atom stereocenters. The van der Waals surface area contributed by atoms with E-state index in [2.05, 4.69) is 29.9 Å². The van der Waals surface area contributed by atoms with Crippen LogP contribution in [0.25, 0.3) is 11.4 Å². The third-order valence-electron chi connectivity index (χ3n) is 6.29.